The Hall–Kier alpha value is -0.960. The SMILES string of the molecule is CC1CCNC(c2cc(F)ccc2F)C1. The topological polar surface area (TPSA) is 12.0 Å². The third-order valence-electron chi connectivity index (χ3n) is 3.00. The third kappa shape index (κ3) is 2.34. The summed E-state index contributed by atoms with van der Waals surface area (Å²) in [4.78, 5) is 0. The van der Waals surface area contributed by atoms with Crippen LogP contribution >= 0.6 is 0 Å². The Morgan fingerprint density at radius 2 is 2.13 bits per heavy atom. The fourth-order valence-corrected chi connectivity index (χ4v) is 2.13. The molecule has 15 heavy (non-hydrogen) atoms. The Morgan fingerprint density at radius 3 is 2.87 bits per heavy atom. The minimum absolute atomic E-state index is 0.0375. The second kappa shape index (κ2) is 4.27. The summed E-state index contributed by atoms with van der Waals surface area (Å²) in [5, 5.41) is 3.23. The Labute approximate surface area is 88.5 Å². The zero-order valence-electron chi connectivity index (χ0n) is 8.76. The molecular weight excluding hydrogens is 196 g/mol. The van der Waals surface area contributed by atoms with Gasteiger partial charge in [0.1, 0.15) is 11.6 Å². The summed E-state index contributed by atoms with van der Waals surface area (Å²) in [5.74, 6) is -0.117. The van der Waals surface area contributed by atoms with Gasteiger partial charge in [0.2, 0.25) is 0 Å². The van der Waals surface area contributed by atoms with E-state index in [9.17, 15) is 8.78 Å². The monoisotopic (exact) mass is 211 g/mol. The van der Waals surface area contributed by atoms with Crippen molar-refractivity contribution in [1.29, 1.82) is 0 Å². The minimum atomic E-state index is -0.369. The molecule has 0 radical (unpaired) electrons. The second-order valence-corrected chi connectivity index (χ2v) is 4.30. The lowest BCUT2D eigenvalue weighted by Gasteiger charge is -2.28. The first kappa shape index (κ1) is 10.6. The molecule has 1 saturated heterocycles. The molecule has 0 spiro atoms. The smallest absolute Gasteiger partial charge is 0.128 e. The van der Waals surface area contributed by atoms with Gasteiger partial charge in [-0.15, -0.1) is 0 Å². The summed E-state index contributed by atoms with van der Waals surface area (Å²) in [6.07, 6.45) is 1.98. The van der Waals surface area contributed by atoms with Gasteiger partial charge in [-0.05, 0) is 43.5 Å². The van der Waals surface area contributed by atoms with E-state index < -0.39 is 0 Å². The Balaban J connectivity index is 2.24. The zero-order chi connectivity index (χ0) is 10.8. The molecule has 1 heterocycles. The maximum atomic E-state index is 13.5. The first-order valence-corrected chi connectivity index (χ1v) is 5.35. The maximum Gasteiger partial charge on any atom is 0.128 e. The van der Waals surface area contributed by atoms with Crippen molar-refractivity contribution in [3.63, 3.8) is 0 Å². The highest BCUT2D eigenvalue weighted by molar-refractivity contribution is 5.22. The largest absolute Gasteiger partial charge is 0.310 e. The molecule has 0 amide bonds. The van der Waals surface area contributed by atoms with E-state index in [0.717, 1.165) is 25.5 Å². The van der Waals surface area contributed by atoms with E-state index in [0.29, 0.717) is 11.5 Å². The average Bonchev–Trinajstić information content (AvgIpc) is 2.22. The van der Waals surface area contributed by atoms with E-state index in [2.05, 4.69) is 12.2 Å². The van der Waals surface area contributed by atoms with Crippen LogP contribution in [0.25, 0.3) is 0 Å². The van der Waals surface area contributed by atoms with Crippen molar-refractivity contribution in [2.75, 3.05) is 6.54 Å². The lowest BCUT2D eigenvalue weighted by molar-refractivity contribution is 0.318. The van der Waals surface area contributed by atoms with E-state index in [-0.39, 0.29) is 17.7 Å². The van der Waals surface area contributed by atoms with Crippen molar-refractivity contribution < 1.29 is 8.78 Å². The molecule has 0 bridgehead atoms. The molecule has 2 atom stereocenters. The van der Waals surface area contributed by atoms with Crippen LogP contribution in [0.5, 0.6) is 0 Å². The van der Waals surface area contributed by atoms with E-state index in [1.807, 2.05) is 0 Å². The summed E-state index contributed by atoms with van der Waals surface area (Å²) < 4.78 is 26.5. The molecule has 2 unspecified atom stereocenters. The molecule has 0 aromatic heterocycles. The van der Waals surface area contributed by atoms with E-state index in [1.54, 1.807) is 0 Å². The number of piperidine rings is 1. The van der Waals surface area contributed by atoms with Gasteiger partial charge in [0.05, 0.1) is 0 Å². The van der Waals surface area contributed by atoms with Crippen LogP contribution in [0.2, 0.25) is 0 Å². The molecule has 1 nitrogen and oxygen atoms in total. The van der Waals surface area contributed by atoms with Crippen LogP contribution in [-0.2, 0) is 0 Å². The molecule has 2 rings (SSSR count). The molecule has 0 saturated carbocycles. The lowest BCUT2D eigenvalue weighted by Crippen LogP contribution is -2.31. The Kier molecular flexibility index (Phi) is 3.00. The molecular formula is C12H15F2N. The van der Waals surface area contributed by atoms with Crippen molar-refractivity contribution >= 4 is 0 Å². The normalized spacial score (nSPS) is 26.6. The minimum Gasteiger partial charge on any atom is -0.310 e. The van der Waals surface area contributed by atoms with Crippen LogP contribution < -0.4 is 5.32 Å². The molecule has 3 heteroatoms. The molecule has 1 aromatic rings. The predicted molar refractivity (Wildman–Crippen MR) is 55.5 cm³/mol. The molecule has 82 valence electrons. The number of hydrogen-bond donors (Lipinski definition) is 1. The lowest BCUT2D eigenvalue weighted by atomic mass is 9.90. The van der Waals surface area contributed by atoms with Gasteiger partial charge in [-0.2, -0.15) is 0 Å². The van der Waals surface area contributed by atoms with Gasteiger partial charge >= 0.3 is 0 Å². The Bertz CT molecular complexity index is 351. The molecule has 1 fully saturated rings. The highest BCUT2D eigenvalue weighted by Gasteiger charge is 2.22. The summed E-state index contributed by atoms with van der Waals surface area (Å²) in [6, 6.07) is 3.62. The van der Waals surface area contributed by atoms with Crippen LogP contribution in [0.1, 0.15) is 31.4 Å². The van der Waals surface area contributed by atoms with Crippen molar-refractivity contribution in [3.05, 3.63) is 35.4 Å². The van der Waals surface area contributed by atoms with Gasteiger partial charge in [-0.1, -0.05) is 6.92 Å². The quantitative estimate of drug-likeness (QED) is 0.753. The van der Waals surface area contributed by atoms with Crippen molar-refractivity contribution in [2.24, 2.45) is 5.92 Å². The summed E-state index contributed by atoms with van der Waals surface area (Å²) in [6.45, 7) is 3.02. The molecule has 1 aliphatic heterocycles. The first-order chi connectivity index (χ1) is 7.16. The van der Waals surface area contributed by atoms with Gasteiger partial charge in [-0.25, -0.2) is 8.78 Å². The second-order valence-electron chi connectivity index (χ2n) is 4.30. The van der Waals surface area contributed by atoms with Gasteiger partial charge in [0.15, 0.2) is 0 Å². The van der Waals surface area contributed by atoms with Gasteiger partial charge in [-0.3, -0.25) is 0 Å². The molecule has 1 aromatic carbocycles. The first-order valence-electron chi connectivity index (χ1n) is 5.35. The standard InChI is InChI=1S/C12H15F2N/c1-8-4-5-15-12(6-8)10-7-9(13)2-3-11(10)14/h2-3,7-8,12,15H,4-6H2,1H3. The number of benzene rings is 1. The van der Waals surface area contributed by atoms with Crippen molar-refractivity contribution in [3.8, 4) is 0 Å². The number of rotatable bonds is 1. The maximum absolute atomic E-state index is 13.5. The van der Waals surface area contributed by atoms with Crippen LogP contribution in [0.4, 0.5) is 8.78 Å². The number of halogens is 2. The van der Waals surface area contributed by atoms with E-state index in [1.165, 1.54) is 12.1 Å². The summed E-state index contributed by atoms with van der Waals surface area (Å²) >= 11 is 0. The zero-order valence-corrected chi connectivity index (χ0v) is 8.76. The molecule has 1 N–H and O–H groups in total. The highest BCUT2D eigenvalue weighted by Crippen LogP contribution is 2.28. The van der Waals surface area contributed by atoms with E-state index in [4.69, 9.17) is 0 Å². The van der Waals surface area contributed by atoms with E-state index >= 15 is 0 Å². The third-order valence-corrected chi connectivity index (χ3v) is 3.00. The van der Waals surface area contributed by atoms with Crippen LogP contribution in [0.3, 0.4) is 0 Å². The number of nitrogens with one attached hydrogen (secondary N) is 1. The van der Waals surface area contributed by atoms with Crippen LogP contribution in [0.15, 0.2) is 18.2 Å². The Morgan fingerprint density at radius 1 is 1.33 bits per heavy atom. The average molecular weight is 211 g/mol. The predicted octanol–water partition coefficient (Wildman–Crippen LogP) is 3.03. The summed E-state index contributed by atoms with van der Waals surface area (Å²) in [5.41, 5.74) is 0.460. The van der Waals surface area contributed by atoms with Crippen molar-refractivity contribution in [1.82, 2.24) is 5.32 Å². The number of hydrogen-bond acceptors (Lipinski definition) is 1. The van der Waals surface area contributed by atoms with Crippen LogP contribution in [-0.4, -0.2) is 6.54 Å². The fraction of sp³-hybridized carbons (Fsp3) is 0.500. The van der Waals surface area contributed by atoms with Crippen molar-refractivity contribution in [2.45, 2.75) is 25.8 Å². The fourth-order valence-electron chi connectivity index (χ4n) is 2.13. The summed E-state index contributed by atoms with van der Waals surface area (Å²) in [7, 11) is 0. The molecule has 0 aliphatic carbocycles. The van der Waals surface area contributed by atoms with Gasteiger partial charge in [0, 0.05) is 11.6 Å². The van der Waals surface area contributed by atoms with Gasteiger partial charge in [0.25, 0.3) is 0 Å². The van der Waals surface area contributed by atoms with Gasteiger partial charge < -0.3 is 5.32 Å². The van der Waals surface area contributed by atoms with Crippen LogP contribution in [0, 0.1) is 17.6 Å². The molecule has 1 aliphatic rings. The highest BCUT2D eigenvalue weighted by atomic mass is 19.1.